The fourth-order valence-electron chi connectivity index (χ4n) is 1.67. The smallest absolute Gasteiger partial charge is 0.184 e. The Hall–Kier alpha value is -1.65. The van der Waals surface area contributed by atoms with Crippen LogP contribution in [0.1, 0.15) is 5.56 Å². The lowest BCUT2D eigenvalue weighted by Gasteiger charge is -2.00. The summed E-state index contributed by atoms with van der Waals surface area (Å²) in [6.45, 7) is 0.714. The van der Waals surface area contributed by atoms with E-state index in [4.69, 9.17) is 11.6 Å². The van der Waals surface area contributed by atoms with Crippen LogP contribution in [0.15, 0.2) is 42.7 Å². The second-order valence-corrected chi connectivity index (χ2v) is 5.26. The van der Waals surface area contributed by atoms with Gasteiger partial charge in [0.1, 0.15) is 5.52 Å². The second kappa shape index (κ2) is 4.92. The Balaban J connectivity index is 1.81. The first-order valence-corrected chi connectivity index (χ1v) is 6.70. The molecule has 3 aromatic rings. The lowest BCUT2D eigenvalue weighted by atomic mass is 10.3. The Morgan fingerprint density at radius 1 is 1.22 bits per heavy atom. The maximum Gasteiger partial charge on any atom is 0.184 e. The van der Waals surface area contributed by atoms with E-state index in [0.717, 1.165) is 20.9 Å². The van der Waals surface area contributed by atoms with Gasteiger partial charge in [-0.3, -0.25) is 4.98 Å². The van der Waals surface area contributed by atoms with E-state index in [2.05, 4.69) is 15.3 Å². The molecule has 0 aliphatic carbocycles. The number of pyridine rings is 1. The zero-order valence-corrected chi connectivity index (χ0v) is 11.0. The number of anilines is 1. The van der Waals surface area contributed by atoms with Crippen LogP contribution in [0.5, 0.6) is 0 Å². The Labute approximate surface area is 113 Å². The van der Waals surface area contributed by atoms with Gasteiger partial charge in [-0.05, 0) is 23.8 Å². The molecule has 0 saturated carbocycles. The lowest BCUT2D eigenvalue weighted by Crippen LogP contribution is -1.98. The molecular formula is C13H10ClN3S. The van der Waals surface area contributed by atoms with Crippen molar-refractivity contribution in [1.29, 1.82) is 0 Å². The molecule has 0 spiro atoms. The quantitative estimate of drug-likeness (QED) is 0.786. The highest BCUT2D eigenvalue weighted by molar-refractivity contribution is 7.22. The fourth-order valence-corrected chi connectivity index (χ4v) is 2.83. The van der Waals surface area contributed by atoms with Crippen molar-refractivity contribution in [3.63, 3.8) is 0 Å². The van der Waals surface area contributed by atoms with Gasteiger partial charge in [-0.15, -0.1) is 0 Å². The number of halogens is 1. The number of benzene rings is 1. The number of aromatic nitrogens is 2. The van der Waals surface area contributed by atoms with Gasteiger partial charge < -0.3 is 5.32 Å². The highest BCUT2D eigenvalue weighted by Crippen LogP contribution is 2.30. The minimum atomic E-state index is 0.693. The Morgan fingerprint density at radius 3 is 2.94 bits per heavy atom. The van der Waals surface area contributed by atoms with Gasteiger partial charge in [0.15, 0.2) is 5.13 Å². The van der Waals surface area contributed by atoms with Crippen LogP contribution >= 0.6 is 22.9 Å². The molecule has 0 aliphatic rings. The second-order valence-electron chi connectivity index (χ2n) is 3.82. The lowest BCUT2D eigenvalue weighted by molar-refractivity contribution is 1.11. The minimum absolute atomic E-state index is 0.693. The predicted molar refractivity (Wildman–Crippen MR) is 76.2 cm³/mol. The summed E-state index contributed by atoms with van der Waals surface area (Å²) in [7, 11) is 0. The summed E-state index contributed by atoms with van der Waals surface area (Å²) < 4.78 is 1.09. The summed E-state index contributed by atoms with van der Waals surface area (Å²) in [6, 6.07) is 9.77. The molecule has 0 saturated heterocycles. The molecule has 0 amide bonds. The molecule has 5 heteroatoms. The maximum absolute atomic E-state index is 6.09. The fraction of sp³-hybridized carbons (Fsp3) is 0.0769. The summed E-state index contributed by atoms with van der Waals surface area (Å²) in [5.74, 6) is 0. The number of para-hydroxylation sites is 1. The molecule has 0 atom stereocenters. The molecule has 3 nitrogen and oxygen atoms in total. The number of nitrogens with zero attached hydrogens (tertiary/aromatic N) is 2. The molecule has 0 radical (unpaired) electrons. The van der Waals surface area contributed by atoms with Crippen LogP contribution in [0.3, 0.4) is 0 Å². The van der Waals surface area contributed by atoms with E-state index in [1.807, 2.05) is 36.5 Å². The normalized spacial score (nSPS) is 10.7. The van der Waals surface area contributed by atoms with E-state index in [9.17, 15) is 0 Å². The van der Waals surface area contributed by atoms with E-state index in [0.29, 0.717) is 11.6 Å². The van der Waals surface area contributed by atoms with E-state index in [1.54, 1.807) is 17.5 Å². The van der Waals surface area contributed by atoms with Gasteiger partial charge >= 0.3 is 0 Å². The third kappa shape index (κ3) is 2.30. The first-order chi connectivity index (χ1) is 8.83. The van der Waals surface area contributed by atoms with E-state index in [1.165, 1.54) is 0 Å². The first-order valence-electron chi connectivity index (χ1n) is 5.51. The molecule has 0 bridgehead atoms. The van der Waals surface area contributed by atoms with E-state index < -0.39 is 0 Å². The number of hydrogen-bond donors (Lipinski definition) is 1. The zero-order valence-electron chi connectivity index (χ0n) is 9.43. The van der Waals surface area contributed by atoms with Crippen LogP contribution < -0.4 is 5.32 Å². The SMILES string of the molecule is Clc1cccc2sc(NCc3cccnc3)nc12. The predicted octanol–water partition coefficient (Wildman–Crippen LogP) is 3.96. The van der Waals surface area contributed by atoms with Crippen molar-refractivity contribution in [2.45, 2.75) is 6.54 Å². The van der Waals surface area contributed by atoms with Crippen molar-refractivity contribution < 1.29 is 0 Å². The molecule has 0 fully saturated rings. The van der Waals surface area contributed by atoms with Crippen LogP contribution in [-0.2, 0) is 6.54 Å². The van der Waals surface area contributed by atoms with Crippen molar-refractivity contribution >= 4 is 38.3 Å². The van der Waals surface area contributed by atoms with Crippen molar-refractivity contribution in [2.24, 2.45) is 0 Å². The summed E-state index contributed by atoms with van der Waals surface area (Å²) in [5, 5.41) is 4.86. The van der Waals surface area contributed by atoms with Crippen molar-refractivity contribution in [1.82, 2.24) is 9.97 Å². The van der Waals surface area contributed by atoms with Crippen LogP contribution in [0.25, 0.3) is 10.2 Å². The average molecular weight is 276 g/mol. The highest BCUT2D eigenvalue weighted by atomic mass is 35.5. The molecule has 1 aromatic carbocycles. The molecule has 18 heavy (non-hydrogen) atoms. The van der Waals surface area contributed by atoms with Gasteiger partial charge in [0.2, 0.25) is 0 Å². The third-order valence-corrected chi connectivity index (χ3v) is 3.82. The standard InChI is InChI=1S/C13H10ClN3S/c14-10-4-1-5-11-12(10)17-13(18-11)16-8-9-3-2-6-15-7-9/h1-7H,8H2,(H,16,17). The molecule has 0 unspecified atom stereocenters. The molecule has 0 aliphatic heterocycles. The van der Waals surface area contributed by atoms with Gasteiger partial charge in [-0.1, -0.05) is 35.1 Å². The molecule has 2 aromatic heterocycles. The van der Waals surface area contributed by atoms with Crippen LogP contribution in [0.4, 0.5) is 5.13 Å². The largest absolute Gasteiger partial charge is 0.357 e. The van der Waals surface area contributed by atoms with Gasteiger partial charge in [0.05, 0.1) is 9.72 Å². The highest BCUT2D eigenvalue weighted by Gasteiger charge is 2.06. The summed E-state index contributed by atoms with van der Waals surface area (Å²) in [4.78, 5) is 8.56. The van der Waals surface area contributed by atoms with Gasteiger partial charge in [-0.2, -0.15) is 0 Å². The number of nitrogens with one attached hydrogen (secondary N) is 1. The van der Waals surface area contributed by atoms with Crippen molar-refractivity contribution in [3.05, 3.63) is 53.3 Å². The molecule has 1 N–H and O–H groups in total. The molecular weight excluding hydrogens is 266 g/mol. The van der Waals surface area contributed by atoms with Gasteiger partial charge in [0, 0.05) is 18.9 Å². The molecule has 90 valence electrons. The van der Waals surface area contributed by atoms with E-state index in [-0.39, 0.29) is 0 Å². The number of thiazole rings is 1. The number of hydrogen-bond acceptors (Lipinski definition) is 4. The minimum Gasteiger partial charge on any atom is -0.357 e. The third-order valence-electron chi connectivity index (χ3n) is 2.54. The van der Waals surface area contributed by atoms with Gasteiger partial charge in [-0.25, -0.2) is 4.98 Å². The summed E-state index contributed by atoms with van der Waals surface area (Å²) in [5.41, 5.74) is 1.99. The van der Waals surface area contributed by atoms with Crippen LogP contribution in [-0.4, -0.2) is 9.97 Å². The topological polar surface area (TPSA) is 37.8 Å². The van der Waals surface area contributed by atoms with Gasteiger partial charge in [0.25, 0.3) is 0 Å². The maximum atomic E-state index is 6.09. The first kappa shape index (κ1) is 11.4. The van der Waals surface area contributed by atoms with Crippen molar-refractivity contribution in [2.75, 3.05) is 5.32 Å². The summed E-state index contributed by atoms with van der Waals surface area (Å²) in [6.07, 6.45) is 3.61. The zero-order chi connectivity index (χ0) is 12.4. The van der Waals surface area contributed by atoms with Crippen LogP contribution in [0, 0.1) is 0 Å². The molecule has 2 heterocycles. The average Bonchev–Trinajstić information content (AvgIpc) is 2.82. The van der Waals surface area contributed by atoms with Crippen molar-refractivity contribution in [3.8, 4) is 0 Å². The van der Waals surface area contributed by atoms with E-state index >= 15 is 0 Å². The Morgan fingerprint density at radius 2 is 2.17 bits per heavy atom. The monoisotopic (exact) mass is 275 g/mol. The molecule has 3 rings (SSSR count). The number of fused-ring (bicyclic) bond motifs is 1. The summed E-state index contributed by atoms with van der Waals surface area (Å²) >= 11 is 7.70. The Kier molecular flexibility index (Phi) is 3.13. The van der Waals surface area contributed by atoms with Crippen LogP contribution in [0.2, 0.25) is 5.02 Å². The number of rotatable bonds is 3. The Bertz CT molecular complexity index is 666.